The maximum atomic E-state index is 9.64. The largest absolute Gasteiger partial charge is 0.504 e. The van der Waals surface area contributed by atoms with Crippen LogP contribution in [0, 0.1) is 0 Å². The highest BCUT2D eigenvalue weighted by Crippen LogP contribution is 2.29. The molecule has 1 atom stereocenters. The van der Waals surface area contributed by atoms with Crippen LogP contribution in [0.3, 0.4) is 0 Å². The average Bonchev–Trinajstić information content (AvgIpc) is 2.66. The summed E-state index contributed by atoms with van der Waals surface area (Å²) in [7, 11) is 0. The average molecular weight is 230 g/mol. The lowest BCUT2D eigenvalue weighted by atomic mass is 10.2. The molecule has 4 nitrogen and oxygen atoms in total. The van der Waals surface area contributed by atoms with Crippen LogP contribution in [0.4, 0.5) is 5.82 Å². The minimum Gasteiger partial charge on any atom is -0.504 e. The van der Waals surface area contributed by atoms with Crippen LogP contribution in [0.5, 0.6) is 5.75 Å². The number of halogens is 1. The number of aromatic nitrogens is 1. The quantitative estimate of drug-likeness (QED) is 0.799. The molecule has 1 aliphatic rings. The second-order valence-corrected chi connectivity index (χ2v) is 3.57. The van der Waals surface area contributed by atoms with Gasteiger partial charge < -0.3 is 15.7 Å². The number of hydrogen-bond donors (Lipinski definition) is 2. The lowest BCUT2D eigenvalue weighted by Crippen LogP contribution is -2.35. The van der Waals surface area contributed by atoms with E-state index in [0.717, 1.165) is 19.4 Å². The van der Waals surface area contributed by atoms with Crippen molar-refractivity contribution in [3.05, 3.63) is 18.3 Å². The smallest absolute Gasteiger partial charge is 0.171 e. The second-order valence-electron chi connectivity index (χ2n) is 3.57. The van der Waals surface area contributed by atoms with Crippen molar-refractivity contribution in [3.63, 3.8) is 0 Å². The van der Waals surface area contributed by atoms with Crippen molar-refractivity contribution in [2.45, 2.75) is 18.9 Å². The highest BCUT2D eigenvalue weighted by Gasteiger charge is 2.25. The second kappa shape index (κ2) is 5.19. The van der Waals surface area contributed by atoms with E-state index in [1.165, 1.54) is 0 Å². The molecule has 5 heteroatoms. The topological polar surface area (TPSA) is 62.4 Å². The fourth-order valence-electron chi connectivity index (χ4n) is 1.97. The molecule has 0 spiro atoms. The minimum atomic E-state index is 0. The standard InChI is InChI=1S/C10H15N3O.ClH/c11-7-8-3-2-6-13(8)10-9(14)4-1-5-12-10;/h1,4-5,8,14H,2-3,6-7,11H2;1H. The Morgan fingerprint density at radius 1 is 1.60 bits per heavy atom. The van der Waals surface area contributed by atoms with Gasteiger partial charge in [-0.2, -0.15) is 0 Å². The molecule has 0 bridgehead atoms. The Kier molecular flexibility index (Phi) is 4.17. The zero-order valence-corrected chi connectivity index (χ0v) is 9.28. The first-order chi connectivity index (χ1) is 6.83. The van der Waals surface area contributed by atoms with Gasteiger partial charge in [0.15, 0.2) is 11.6 Å². The van der Waals surface area contributed by atoms with Gasteiger partial charge in [-0.05, 0) is 25.0 Å². The van der Waals surface area contributed by atoms with E-state index >= 15 is 0 Å². The Morgan fingerprint density at radius 2 is 2.40 bits per heavy atom. The van der Waals surface area contributed by atoms with E-state index in [1.54, 1.807) is 18.3 Å². The fraction of sp³-hybridized carbons (Fsp3) is 0.500. The predicted octanol–water partition coefficient (Wildman–Crippen LogP) is 1.14. The molecule has 1 aromatic rings. The van der Waals surface area contributed by atoms with Gasteiger partial charge in [0, 0.05) is 25.3 Å². The molecule has 3 N–H and O–H groups in total. The monoisotopic (exact) mass is 229 g/mol. The van der Waals surface area contributed by atoms with Gasteiger partial charge in [0.05, 0.1) is 0 Å². The molecule has 0 saturated carbocycles. The lowest BCUT2D eigenvalue weighted by molar-refractivity contribution is 0.469. The van der Waals surface area contributed by atoms with Gasteiger partial charge in [0.2, 0.25) is 0 Å². The number of anilines is 1. The minimum absolute atomic E-state index is 0. The summed E-state index contributed by atoms with van der Waals surface area (Å²) >= 11 is 0. The van der Waals surface area contributed by atoms with Gasteiger partial charge in [0.1, 0.15) is 0 Å². The Labute approximate surface area is 95.5 Å². The van der Waals surface area contributed by atoms with Crippen LogP contribution in [0.2, 0.25) is 0 Å². The van der Waals surface area contributed by atoms with Gasteiger partial charge in [-0.15, -0.1) is 12.4 Å². The zero-order valence-electron chi connectivity index (χ0n) is 8.47. The van der Waals surface area contributed by atoms with Gasteiger partial charge in [-0.1, -0.05) is 0 Å². The van der Waals surface area contributed by atoms with Crippen LogP contribution in [-0.4, -0.2) is 29.2 Å². The number of rotatable bonds is 2. The molecule has 15 heavy (non-hydrogen) atoms. The van der Waals surface area contributed by atoms with Crippen LogP contribution in [0.1, 0.15) is 12.8 Å². The Bertz CT molecular complexity index is 321. The first-order valence-electron chi connectivity index (χ1n) is 4.93. The number of aromatic hydroxyl groups is 1. The Hall–Kier alpha value is -1.00. The van der Waals surface area contributed by atoms with Crippen molar-refractivity contribution in [3.8, 4) is 5.75 Å². The molecule has 1 aliphatic heterocycles. The van der Waals surface area contributed by atoms with E-state index in [2.05, 4.69) is 9.88 Å². The van der Waals surface area contributed by atoms with Gasteiger partial charge in [0.25, 0.3) is 0 Å². The Balaban J connectivity index is 0.00000112. The van der Waals surface area contributed by atoms with E-state index in [4.69, 9.17) is 5.73 Å². The SMILES string of the molecule is Cl.NCC1CCCN1c1ncccc1O. The van der Waals surface area contributed by atoms with Crippen LogP contribution in [0.15, 0.2) is 18.3 Å². The molecule has 1 aromatic heterocycles. The molecule has 2 rings (SSSR count). The van der Waals surface area contributed by atoms with E-state index in [1.807, 2.05) is 0 Å². The van der Waals surface area contributed by atoms with Crippen molar-refractivity contribution in [2.75, 3.05) is 18.0 Å². The molecule has 1 fully saturated rings. The molecule has 0 radical (unpaired) electrons. The predicted molar refractivity (Wildman–Crippen MR) is 62.6 cm³/mol. The molecular weight excluding hydrogens is 214 g/mol. The van der Waals surface area contributed by atoms with Crippen molar-refractivity contribution >= 4 is 18.2 Å². The maximum absolute atomic E-state index is 9.64. The summed E-state index contributed by atoms with van der Waals surface area (Å²) in [6, 6.07) is 3.72. The van der Waals surface area contributed by atoms with Crippen molar-refractivity contribution in [2.24, 2.45) is 5.73 Å². The van der Waals surface area contributed by atoms with E-state index in [9.17, 15) is 5.11 Å². The van der Waals surface area contributed by atoms with E-state index < -0.39 is 0 Å². The first kappa shape index (κ1) is 12.1. The summed E-state index contributed by atoms with van der Waals surface area (Å²) < 4.78 is 0. The molecular formula is C10H16ClN3O. The number of hydrogen-bond acceptors (Lipinski definition) is 4. The van der Waals surface area contributed by atoms with Gasteiger partial charge in [-0.3, -0.25) is 0 Å². The first-order valence-corrected chi connectivity index (χ1v) is 4.93. The fourth-order valence-corrected chi connectivity index (χ4v) is 1.97. The van der Waals surface area contributed by atoms with Crippen LogP contribution in [-0.2, 0) is 0 Å². The summed E-state index contributed by atoms with van der Waals surface area (Å²) in [6.45, 7) is 1.56. The summed E-state index contributed by atoms with van der Waals surface area (Å²) in [6.07, 6.45) is 3.91. The van der Waals surface area contributed by atoms with Crippen LogP contribution in [0.25, 0.3) is 0 Å². The highest BCUT2D eigenvalue weighted by atomic mass is 35.5. The number of nitrogens with two attached hydrogens (primary N) is 1. The van der Waals surface area contributed by atoms with Gasteiger partial charge >= 0.3 is 0 Å². The maximum Gasteiger partial charge on any atom is 0.171 e. The molecule has 0 amide bonds. The molecule has 84 valence electrons. The van der Waals surface area contributed by atoms with E-state index in [-0.39, 0.29) is 18.2 Å². The zero-order chi connectivity index (χ0) is 9.97. The van der Waals surface area contributed by atoms with Crippen LogP contribution >= 0.6 is 12.4 Å². The summed E-state index contributed by atoms with van der Waals surface area (Å²) in [5.74, 6) is 0.910. The summed E-state index contributed by atoms with van der Waals surface area (Å²) in [5, 5.41) is 9.64. The van der Waals surface area contributed by atoms with Crippen LogP contribution < -0.4 is 10.6 Å². The molecule has 2 heterocycles. The van der Waals surface area contributed by atoms with Crippen molar-refractivity contribution in [1.82, 2.24) is 4.98 Å². The van der Waals surface area contributed by atoms with Crippen molar-refractivity contribution < 1.29 is 5.11 Å². The molecule has 1 saturated heterocycles. The third-order valence-corrected chi connectivity index (χ3v) is 2.69. The third-order valence-electron chi connectivity index (χ3n) is 2.69. The lowest BCUT2D eigenvalue weighted by Gasteiger charge is -2.24. The molecule has 0 aromatic carbocycles. The summed E-state index contributed by atoms with van der Waals surface area (Å²) in [4.78, 5) is 6.27. The van der Waals surface area contributed by atoms with Gasteiger partial charge in [-0.25, -0.2) is 4.98 Å². The summed E-state index contributed by atoms with van der Waals surface area (Å²) in [5.41, 5.74) is 5.66. The number of nitrogens with zero attached hydrogens (tertiary/aromatic N) is 2. The molecule has 0 aliphatic carbocycles. The third kappa shape index (κ3) is 2.33. The van der Waals surface area contributed by atoms with E-state index in [0.29, 0.717) is 18.4 Å². The Morgan fingerprint density at radius 3 is 3.07 bits per heavy atom. The highest BCUT2D eigenvalue weighted by molar-refractivity contribution is 5.85. The number of pyridine rings is 1. The normalized spacial score (nSPS) is 20.1. The van der Waals surface area contributed by atoms with Crippen molar-refractivity contribution in [1.29, 1.82) is 0 Å². The molecule has 1 unspecified atom stereocenters.